The molecule has 0 atom stereocenters. The Labute approximate surface area is 129 Å². The smallest absolute Gasteiger partial charge is 0.263 e. The van der Waals surface area contributed by atoms with Crippen LogP contribution in [0.2, 0.25) is 0 Å². The van der Waals surface area contributed by atoms with Gasteiger partial charge in [-0.25, -0.2) is 8.42 Å². The van der Waals surface area contributed by atoms with Crippen molar-refractivity contribution in [2.45, 2.75) is 31.6 Å². The first-order chi connectivity index (χ1) is 10.3. The average molecular weight is 321 g/mol. The number of hydrogen-bond acceptors (Lipinski definition) is 6. The second-order valence-electron chi connectivity index (χ2n) is 4.96. The summed E-state index contributed by atoms with van der Waals surface area (Å²) in [4.78, 5) is 8.00. The number of nitrogen functional groups attached to an aromatic ring is 2. The third kappa shape index (κ3) is 3.45. The Bertz CT molecular complexity index is 773. The van der Waals surface area contributed by atoms with Crippen molar-refractivity contribution in [3.05, 3.63) is 35.4 Å². The highest BCUT2D eigenvalue weighted by molar-refractivity contribution is 7.92. The third-order valence-electron chi connectivity index (χ3n) is 3.12. The van der Waals surface area contributed by atoms with Gasteiger partial charge in [0.05, 0.1) is 4.90 Å². The van der Waals surface area contributed by atoms with Crippen LogP contribution in [0.4, 0.5) is 17.6 Å². The van der Waals surface area contributed by atoms with E-state index >= 15 is 0 Å². The molecule has 1 aromatic heterocycles. The maximum Gasteiger partial charge on any atom is 0.263 e. The van der Waals surface area contributed by atoms with E-state index in [1.807, 2.05) is 13.8 Å². The zero-order valence-electron chi connectivity index (χ0n) is 12.5. The van der Waals surface area contributed by atoms with E-state index < -0.39 is 10.0 Å². The number of nitrogens with one attached hydrogen (secondary N) is 1. The predicted molar refractivity (Wildman–Crippen MR) is 86.8 cm³/mol. The first-order valence-corrected chi connectivity index (χ1v) is 8.33. The average Bonchev–Trinajstić information content (AvgIpc) is 2.42. The van der Waals surface area contributed by atoms with Crippen molar-refractivity contribution in [3.63, 3.8) is 0 Å². The lowest BCUT2D eigenvalue weighted by atomic mass is 10.1. The molecule has 2 rings (SSSR count). The van der Waals surface area contributed by atoms with Crippen LogP contribution in [0.1, 0.15) is 24.5 Å². The normalized spacial score (nSPS) is 11.4. The van der Waals surface area contributed by atoms with E-state index in [1.54, 1.807) is 12.1 Å². The van der Waals surface area contributed by atoms with Crippen molar-refractivity contribution in [3.8, 4) is 0 Å². The molecule has 118 valence electrons. The van der Waals surface area contributed by atoms with Crippen LogP contribution in [0.25, 0.3) is 0 Å². The number of aryl methyl sites for hydroxylation is 1. The molecule has 0 amide bonds. The Hall–Kier alpha value is -2.35. The number of sulfonamides is 1. The summed E-state index contributed by atoms with van der Waals surface area (Å²) in [5, 5.41) is 0. The Balaban J connectivity index is 2.43. The summed E-state index contributed by atoms with van der Waals surface area (Å²) in [7, 11) is -3.76. The largest absolute Gasteiger partial charge is 0.383 e. The lowest BCUT2D eigenvalue weighted by Gasteiger charge is -2.13. The lowest BCUT2D eigenvalue weighted by molar-refractivity contribution is 0.601. The Morgan fingerprint density at radius 3 is 2.36 bits per heavy atom. The third-order valence-corrected chi connectivity index (χ3v) is 4.47. The van der Waals surface area contributed by atoms with Crippen LogP contribution in [0, 0.1) is 6.92 Å². The summed E-state index contributed by atoms with van der Waals surface area (Å²) in [6.07, 6.45) is 1.33. The zero-order valence-corrected chi connectivity index (χ0v) is 13.3. The van der Waals surface area contributed by atoms with Crippen LogP contribution in [-0.2, 0) is 16.4 Å². The van der Waals surface area contributed by atoms with Crippen molar-refractivity contribution in [2.75, 3.05) is 16.2 Å². The number of nitrogens with zero attached hydrogens (tertiary/aromatic N) is 2. The molecular weight excluding hydrogens is 302 g/mol. The minimum absolute atomic E-state index is 0.0704. The van der Waals surface area contributed by atoms with Gasteiger partial charge in [-0.2, -0.15) is 9.97 Å². The van der Waals surface area contributed by atoms with Gasteiger partial charge < -0.3 is 11.5 Å². The molecule has 0 bridgehead atoms. The predicted octanol–water partition coefficient (Wildman–Crippen LogP) is 1.70. The number of rotatable bonds is 5. The molecule has 1 aromatic carbocycles. The lowest BCUT2D eigenvalue weighted by Crippen LogP contribution is -2.17. The molecule has 2 aromatic rings. The SMILES string of the molecule is CCCc1c(N)nc(N)nc1NS(=O)(=O)c1ccc(C)cc1. The fraction of sp³-hybridized carbons (Fsp3) is 0.286. The van der Waals surface area contributed by atoms with Gasteiger partial charge in [-0.15, -0.1) is 0 Å². The van der Waals surface area contributed by atoms with Crippen LogP contribution < -0.4 is 16.2 Å². The molecule has 22 heavy (non-hydrogen) atoms. The van der Waals surface area contributed by atoms with Crippen LogP contribution in [0.15, 0.2) is 29.2 Å². The zero-order chi connectivity index (χ0) is 16.3. The molecule has 7 nitrogen and oxygen atoms in total. The topological polar surface area (TPSA) is 124 Å². The molecule has 0 radical (unpaired) electrons. The van der Waals surface area contributed by atoms with E-state index in [0.717, 1.165) is 12.0 Å². The monoisotopic (exact) mass is 321 g/mol. The minimum atomic E-state index is -3.76. The summed E-state index contributed by atoms with van der Waals surface area (Å²) >= 11 is 0. The number of anilines is 3. The van der Waals surface area contributed by atoms with Gasteiger partial charge in [0.25, 0.3) is 10.0 Å². The Morgan fingerprint density at radius 2 is 1.77 bits per heavy atom. The van der Waals surface area contributed by atoms with Crippen LogP contribution in [0.5, 0.6) is 0 Å². The Kier molecular flexibility index (Phi) is 4.51. The van der Waals surface area contributed by atoms with E-state index in [2.05, 4.69) is 14.7 Å². The summed E-state index contributed by atoms with van der Waals surface area (Å²) in [5.41, 5.74) is 12.9. The van der Waals surface area contributed by atoms with Crippen molar-refractivity contribution in [1.29, 1.82) is 0 Å². The standard InChI is InChI=1S/C14H19N5O2S/c1-3-4-11-12(15)17-14(16)18-13(11)19-22(20,21)10-7-5-9(2)6-8-10/h5-8H,3-4H2,1-2H3,(H5,15,16,17,18,19). The van der Waals surface area contributed by atoms with Crippen molar-refractivity contribution >= 4 is 27.6 Å². The molecule has 0 aliphatic heterocycles. The first kappa shape index (κ1) is 16.0. The molecule has 0 saturated heterocycles. The van der Waals surface area contributed by atoms with Gasteiger partial charge in [0.1, 0.15) is 5.82 Å². The van der Waals surface area contributed by atoms with Gasteiger partial charge in [-0.1, -0.05) is 31.0 Å². The van der Waals surface area contributed by atoms with E-state index in [4.69, 9.17) is 11.5 Å². The second kappa shape index (κ2) is 6.18. The minimum Gasteiger partial charge on any atom is -0.383 e. The van der Waals surface area contributed by atoms with Crippen molar-refractivity contribution in [1.82, 2.24) is 9.97 Å². The fourth-order valence-electron chi connectivity index (χ4n) is 2.00. The number of nitrogens with two attached hydrogens (primary N) is 2. The quantitative estimate of drug-likeness (QED) is 0.770. The highest BCUT2D eigenvalue weighted by atomic mass is 32.2. The van der Waals surface area contributed by atoms with E-state index in [1.165, 1.54) is 12.1 Å². The highest BCUT2D eigenvalue weighted by Crippen LogP contribution is 2.24. The van der Waals surface area contributed by atoms with E-state index in [9.17, 15) is 8.42 Å². The summed E-state index contributed by atoms with van der Waals surface area (Å²) < 4.78 is 27.3. The summed E-state index contributed by atoms with van der Waals surface area (Å²) in [5.74, 6) is 0.252. The molecule has 5 N–H and O–H groups in total. The molecule has 0 aliphatic rings. The number of aromatic nitrogens is 2. The van der Waals surface area contributed by atoms with Gasteiger partial charge in [-0.05, 0) is 25.5 Å². The molecule has 1 heterocycles. The Morgan fingerprint density at radius 1 is 1.14 bits per heavy atom. The van der Waals surface area contributed by atoms with Gasteiger partial charge in [0.15, 0.2) is 5.82 Å². The van der Waals surface area contributed by atoms with Gasteiger partial charge in [0.2, 0.25) is 5.95 Å². The molecule has 0 aliphatic carbocycles. The first-order valence-electron chi connectivity index (χ1n) is 6.85. The number of benzene rings is 1. The van der Waals surface area contributed by atoms with Gasteiger partial charge >= 0.3 is 0 Å². The van der Waals surface area contributed by atoms with Crippen LogP contribution >= 0.6 is 0 Å². The van der Waals surface area contributed by atoms with E-state index in [-0.39, 0.29) is 22.5 Å². The maximum atomic E-state index is 12.4. The summed E-state index contributed by atoms with van der Waals surface area (Å²) in [6, 6.07) is 6.52. The number of hydrogen-bond donors (Lipinski definition) is 3. The van der Waals surface area contributed by atoms with Crippen molar-refractivity contribution in [2.24, 2.45) is 0 Å². The van der Waals surface area contributed by atoms with Gasteiger partial charge in [-0.3, -0.25) is 4.72 Å². The molecule has 0 spiro atoms. The van der Waals surface area contributed by atoms with Crippen LogP contribution in [-0.4, -0.2) is 18.4 Å². The maximum absolute atomic E-state index is 12.4. The highest BCUT2D eigenvalue weighted by Gasteiger charge is 2.19. The fourth-order valence-corrected chi connectivity index (χ4v) is 3.04. The molecule has 8 heteroatoms. The van der Waals surface area contributed by atoms with Crippen molar-refractivity contribution < 1.29 is 8.42 Å². The molecular formula is C14H19N5O2S. The molecule has 0 fully saturated rings. The van der Waals surface area contributed by atoms with Crippen LogP contribution in [0.3, 0.4) is 0 Å². The second-order valence-corrected chi connectivity index (χ2v) is 6.65. The summed E-state index contributed by atoms with van der Waals surface area (Å²) in [6.45, 7) is 3.84. The molecule has 0 unspecified atom stereocenters. The van der Waals surface area contributed by atoms with E-state index in [0.29, 0.717) is 12.0 Å². The molecule has 0 saturated carbocycles. The van der Waals surface area contributed by atoms with Gasteiger partial charge in [0, 0.05) is 5.56 Å².